The normalized spacial score (nSPS) is 14.4. The van der Waals surface area contributed by atoms with Crippen LogP contribution in [0.1, 0.15) is 22.3 Å². The number of para-hydroxylation sites is 2. The number of ether oxygens (including phenoxy) is 2. The summed E-state index contributed by atoms with van der Waals surface area (Å²) in [5.74, 6) is 0.245. The average Bonchev–Trinajstić information content (AvgIpc) is 3.09. The predicted octanol–water partition coefficient (Wildman–Crippen LogP) is 4.28. The van der Waals surface area contributed by atoms with Gasteiger partial charge in [0.15, 0.2) is 11.5 Å². The van der Waals surface area contributed by atoms with Gasteiger partial charge in [0.1, 0.15) is 6.54 Å². The zero-order chi connectivity index (χ0) is 24.4. The number of halogens is 1. The van der Waals surface area contributed by atoms with Crippen molar-refractivity contribution in [1.29, 1.82) is 0 Å². The van der Waals surface area contributed by atoms with Gasteiger partial charge in [-0.1, -0.05) is 23.7 Å². The number of carbonyl (C=O) groups excluding carboxylic acids is 3. The van der Waals surface area contributed by atoms with Gasteiger partial charge in [-0.25, -0.2) is 0 Å². The number of nitrogens with zero attached hydrogens (tertiary/aromatic N) is 1. The number of hydrogen-bond acceptors (Lipinski definition) is 5. The molecule has 3 aromatic carbocycles. The summed E-state index contributed by atoms with van der Waals surface area (Å²) in [5.41, 5.74) is 2.88. The lowest BCUT2D eigenvalue weighted by Gasteiger charge is -2.29. The van der Waals surface area contributed by atoms with Gasteiger partial charge in [0.05, 0.1) is 36.0 Å². The fourth-order valence-corrected chi connectivity index (χ4v) is 4.33. The van der Waals surface area contributed by atoms with Gasteiger partial charge in [-0.2, -0.15) is 0 Å². The van der Waals surface area contributed by atoms with E-state index in [-0.39, 0.29) is 30.7 Å². The van der Waals surface area contributed by atoms with Gasteiger partial charge in [0.25, 0.3) is 5.91 Å². The second-order valence-electron chi connectivity index (χ2n) is 8.21. The van der Waals surface area contributed by atoms with E-state index >= 15 is 0 Å². The lowest BCUT2D eigenvalue weighted by Crippen LogP contribution is -2.42. The Hall–Kier alpha value is -4.04. The molecule has 5 rings (SSSR count). The number of rotatable bonds is 4. The Morgan fingerprint density at radius 3 is 2.63 bits per heavy atom. The van der Waals surface area contributed by atoms with Gasteiger partial charge in [-0.15, -0.1) is 0 Å². The van der Waals surface area contributed by atoms with Gasteiger partial charge in [-0.05, 0) is 54.1 Å². The van der Waals surface area contributed by atoms with Crippen LogP contribution < -0.4 is 25.0 Å². The zero-order valence-electron chi connectivity index (χ0n) is 18.7. The van der Waals surface area contributed by atoms with Crippen molar-refractivity contribution in [1.82, 2.24) is 0 Å². The standard InChI is InChI=1S/C26H22ClN3O5/c27-19-12-16(13-22-25(19)35-11-3-10-34-22)14-23(31)28-18-8-6-17(7-9-18)26(33)30-15-24(32)29-20-4-1-2-5-21(20)30/h1-2,4-9,12-13H,3,10-11,14-15H2,(H,28,31)(H,29,32). The van der Waals surface area contributed by atoms with Crippen molar-refractivity contribution in [3.8, 4) is 11.5 Å². The van der Waals surface area contributed by atoms with Crippen LogP contribution >= 0.6 is 11.6 Å². The van der Waals surface area contributed by atoms with Crippen molar-refractivity contribution in [2.45, 2.75) is 12.8 Å². The monoisotopic (exact) mass is 491 g/mol. The second-order valence-corrected chi connectivity index (χ2v) is 8.62. The molecule has 2 N–H and O–H groups in total. The van der Waals surface area contributed by atoms with Gasteiger partial charge in [-0.3, -0.25) is 19.3 Å². The Bertz CT molecular complexity index is 1310. The highest BCUT2D eigenvalue weighted by Crippen LogP contribution is 2.38. The Morgan fingerprint density at radius 1 is 1.03 bits per heavy atom. The van der Waals surface area contributed by atoms with Crippen molar-refractivity contribution >= 4 is 46.4 Å². The van der Waals surface area contributed by atoms with E-state index in [0.29, 0.717) is 57.9 Å². The largest absolute Gasteiger partial charge is 0.489 e. The van der Waals surface area contributed by atoms with E-state index in [9.17, 15) is 14.4 Å². The third-order valence-electron chi connectivity index (χ3n) is 5.66. The molecule has 0 atom stereocenters. The summed E-state index contributed by atoms with van der Waals surface area (Å²) in [6.45, 7) is 0.993. The van der Waals surface area contributed by atoms with E-state index in [4.69, 9.17) is 21.1 Å². The van der Waals surface area contributed by atoms with Crippen LogP contribution in [0, 0.1) is 0 Å². The number of nitrogens with one attached hydrogen (secondary N) is 2. The lowest BCUT2D eigenvalue weighted by molar-refractivity contribution is -0.116. The molecule has 35 heavy (non-hydrogen) atoms. The predicted molar refractivity (Wildman–Crippen MR) is 133 cm³/mol. The Morgan fingerprint density at radius 2 is 1.80 bits per heavy atom. The van der Waals surface area contributed by atoms with Crippen LogP contribution in [-0.2, 0) is 16.0 Å². The molecule has 2 heterocycles. The van der Waals surface area contributed by atoms with Gasteiger partial charge >= 0.3 is 0 Å². The third kappa shape index (κ3) is 4.93. The quantitative estimate of drug-likeness (QED) is 0.567. The highest BCUT2D eigenvalue weighted by atomic mass is 35.5. The van der Waals surface area contributed by atoms with Crippen molar-refractivity contribution in [2.24, 2.45) is 0 Å². The summed E-state index contributed by atoms with van der Waals surface area (Å²) in [6.07, 6.45) is 0.855. The number of anilines is 3. The van der Waals surface area contributed by atoms with E-state index in [2.05, 4.69) is 10.6 Å². The van der Waals surface area contributed by atoms with Gasteiger partial charge in [0, 0.05) is 17.7 Å². The van der Waals surface area contributed by atoms with Gasteiger partial charge < -0.3 is 20.1 Å². The number of hydrogen-bond donors (Lipinski definition) is 2. The maximum atomic E-state index is 13.1. The fraction of sp³-hybridized carbons (Fsp3) is 0.192. The van der Waals surface area contributed by atoms with Crippen LogP contribution in [0.2, 0.25) is 5.02 Å². The molecule has 2 aliphatic heterocycles. The molecule has 8 nitrogen and oxygen atoms in total. The molecule has 178 valence electrons. The van der Waals surface area contributed by atoms with E-state index in [1.54, 1.807) is 54.6 Å². The number of benzene rings is 3. The molecule has 0 saturated heterocycles. The zero-order valence-corrected chi connectivity index (χ0v) is 19.4. The molecule has 0 aromatic heterocycles. The van der Waals surface area contributed by atoms with Crippen LogP contribution in [0.5, 0.6) is 11.5 Å². The molecule has 2 aliphatic rings. The van der Waals surface area contributed by atoms with E-state index < -0.39 is 0 Å². The van der Waals surface area contributed by atoms with E-state index in [1.165, 1.54) is 4.90 Å². The minimum Gasteiger partial charge on any atom is -0.489 e. The first-order valence-corrected chi connectivity index (χ1v) is 11.5. The lowest BCUT2D eigenvalue weighted by atomic mass is 10.1. The van der Waals surface area contributed by atoms with Crippen molar-refractivity contribution in [3.63, 3.8) is 0 Å². The van der Waals surface area contributed by atoms with Crippen molar-refractivity contribution < 1.29 is 23.9 Å². The Kier molecular flexibility index (Phi) is 6.29. The molecule has 3 aromatic rings. The molecular weight excluding hydrogens is 470 g/mol. The smallest absolute Gasteiger partial charge is 0.258 e. The molecule has 0 spiro atoms. The summed E-state index contributed by atoms with van der Waals surface area (Å²) in [6, 6.07) is 17.2. The van der Waals surface area contributed by atoms with E-state index in [1.807, 2.05) is 6.07 Å². The molecular formula is C26H22ClN3O5. The minimum atomic E-state index is -0.299. The van der Waals surface area contributed by atoms with Crippen molar-refractivity contribution in [2.75, 3.05) is 35.3 Å². The van der Waals surface area contributed by atoms with Crippen LogP contribution in [0.3, 0.4) is 0 Å². The molecule has 0 fully saturated rings. The van der Waals surface area contributed by atoms with Crippen LogP contribution in [0.4, 0.5) is 17.1 Å². The summed E-state index contributed by atoms with van der Waals surface area (Å²) < 4.78 is 11.3. The van der Waals surface area contributed by atoms with Gasteiger partial charge in [0.2, 0.25) is 11.8 Å². The summed E-state index contributed by atoms with van der Waals surface area (Å²) in [7, 11) is 0. The molecule has 0 bridgehead atoms. The highest BCUT2D eigenvalue weighted by Gasteiger charge is 2.27. The molecule has 0 radical (unpaired) electrons. The maximum absolute atomic E-state index is 13.1. The SMILES string of the molecule is O=C(Cc1cc(Cl)c2c(c1)OCCCO2)Nc1ccc(C(=O)N2CC(=O)Nc3ccccc32)cc1. The molecule has 9 heteroatoms. The molecule has 0 aliphatic carbocycles. The first-order chi connectivity index (χ1) is 17.0. The van der Waals surface area contributed by atoms with Crippen LogP contribution in [-0.4, -0.2) is 37.5 Å². The number of carbonyl (C=O) groups is 3. The highest BCUT2D eigenvalue weighted by molar-refractivity contribution is 6.32. The molecule has 3 amide bonds. The van der Waals surface area contributed by atoms with E-state index in [0.717, 1.165) is 6.42 Å². The van der Waals surface area contributed by atoms with Crippen LogP contribution in [0.25, 0.3) is 0 Å². The third-order valence-corrected chi connectivity index (χ3v) is 5.94. The minimum absolute atomic E-state index is 0.0631. The summed E-state index contributed by atoms with van der Waals surface area (Å²) in [5, 5.41) is 6.00. The number of amides is 3. The van der Waals surface area contributed by atoms with Crippen LogP contribution in [0.15, 0.2) is 60.7 Å². The average molecular weight is 492 g/mol. The molecule has 0 saturated carbocycles. The molecule has 0 unspecified atom stereocenters. The summed E-state index contributed by atoms with van der Waals surface area (Å²) in [4.78, 5) is 39.2. The van der Waals surface area contributed by atoms with Crippen molar-refractivity contribution in [3.05, 3.63) is 76.8 Å². The fourth-order valence-electron chi connectivity index (χ4n) is 4.04. The Balaban J connectivity index is 1.26. The topological polar surface area (TPSA) is 97.0 Å². The second kappa shape index (κ2) is 9.68. The Labute approximate surface area is 206 Å². The number of fused-ring (bicyclic) bond motifs is 2. The summed E-state index contributed by atoms with van der Waals surface area (Å²) >= 11 is 6.32. The first-order valence-electron chi connectivity index (χ1n) is 11.2. The first kappa shape index (κ1) is 22.7. The maximum Gasteiger partial charge on any atom is 0.258 e.